The highest BCUT2D eigenvalue weighted by molar-refractivity contribution is 7.88. The van der Waals surface area contributed by atoms with Crippen molar-refractivity contribution in [2.24, 2.45) is 5.92 Å². The van der Waals surface area contributed by atoms with E-state index in [2.05, 4.69) is 19.2 Å². The van der Waals surface area contributed by atoms with E-state index < -0.39 is 15.6 Å². The summed E-state index contributed by atoms with van der Waals surface area (Å²) >= 11 is 0. The molecule has 0 spiro atoms. The molecule has 6 heteroatoms. The first-order valence-electron chi connectivity index (χ1n) is 7.51. The van der Waals surface area contributed by atoms with E-state index in [-0.39, 0.29) is 5.92 Å². The van der Waals surface area contributed by atoms with Crippen molar-refractivity contribution >= 4 is 10.0 Å². The Morgan fingerprint density at radius 3 is 2.65 bits per heavy atom. The second-order valence-corrected chi connectivity index (χ2v) is 8.67. The molecule has 0 amide bonds. The van der Waals surface area contributed by atoms with Crippen LogP contribution in [0.5, 0.6) is 0 Å². The van der Waals surface area contributed by atoms with Gasteiger partial charge in [0.25, 0.3) is 0 Å². The number of sulfonamides is 1. The summed E-state index contributed by atoms with van der Waals surface area (Å²) in [6.45, 7) is 7.97. The topological polar surface area (TPSA) is 69.6 Å². The van der Waals surface area contributed by atoms with Crippen molar-refractivity contribution in [2.75, 3.05) is 25.9 Å². The number of aliphatic hydroxyl groups is 1. The quantitative estimate of drug-likeness (QED) is 0.741. The van der Waals surface area contributed by atoms with Crippen molar-refractivity contribution in [1.29, 1.82) is 0 Å². The molecule has 0 radical (unpaired) electrons. The van der Waals surface area contributed by atoms with Gasteiger partial charge in [0, 0.05) is 19.1 Å². The van der Waals surface area contributed by atoms with Gasteiger partial charge in [-0.2, -0.15) is 0 Å². The van der Waals surface area contributed by atoms with E-state index in [1.807, 2.05) is 6.92 Å². The summed E-state index contributed by atoms with van der Waals surface area (Å²) in [7, 11) is -3.10. The molecular weight excluding hydrogens is 276 g/mol. The number of piperidine rings is 1. The van der Waals surface area contributed by atoms with Crippen molar-refractivity contribution in [1.82, 2.24) is 9.62 Å². The maximum atomic E-state index is 11.6. The molecule has 5 nitrogen and oxygen atoms in total. The van der Waals surface area contributed by atoms with Crippen molar-refractivity contribution in [3.05, 3.63) is 0 Å². The second-order valence-electron chi connectivity index (χ2n) is 6.69. The van der Waals surface area contributed by atoms with E-state index in [1.54, 1.807) is 4.31 Å². The van der Waals surface area contributed by atoms with Crippen LogP contribution in [0.2, 0.25) is 0 Å². The average Bonchev–Trinajstić information content (AvgIpc) is 2.26. The smallest absolute Gasteiger partial charge is 0.211 e. The Morgan fingerprint density at radius 1 is 1.45 bits per heavy atom. The summed E-state index contributed by atoms with van der Waals surface area (Å²) in [6.07, 6.45) is 4.51. The van der Waals surface area contributed by atoms with E-state index in [0.717, 1.165) is 19.4 Å². The summed E-state index contributed by atoms with van der Waals surface area (Å²) in [5.41, 5.74) is -0.729. The average molecular weight is 306 g/mol. The lowest BCUT2D eigenvalue weighted by Gasteiger charge is -2.35. The molecule has 2 unspecified atom stereocenters. The number of nitrogens with one attached hydrogen (secondary N) is 1. The monoisotopic (exact) mass is 306 g/mol. The van der Waals surface area contributed by atoms with Crippen LogP contribution in [0, 0.1) is 5.92 Å². The lowest BCUT2D eigenvalue weighted by Crippen LogP contribution is -2.42. The standard InChI is InChI=1S/C14H30N2O3S/c1-12(2)15-8-7-14(3,17)10-13-6-5-9-16(11-13)20(4,18)19/h12-13,15,17H,5-11H2,1-4H3. The predicted molar refractivity (Wildman–Crippen MR) is 82.1 cm³/mol. The van der Waals surface area contributed by atoms with Crippen molar-refractivity contribution in [2.45, 2.75) is 58.1 Å². The molecule has 1 aliphatic rings. The molecule has 0 aromatic rings. The Kier molecular flexibility index (Phi) is 6.44. The molecule has 2 N–H and O–H groups in total. The maximum Gasteiger partial charge on any atom is 0.211 e. The van der Waals surface area contributed by atoms with Gasteiger partial charge in [-0.3, -0.25) is 0 Å². The van der Waals surface area contributed by atoms with E-state index in [1.165, 1.54) is 6.26 Å². The first-order valence-corrected chi connectivity index (χ1v) is 9.36. The summed E-state index contributed by atoms with van der Waals surface area (Å²) in [4.78, 5) is 0. The van der Waals surface area contributed by atoms with Crippen LogP contribution in [0.3, 0.4) is 0 Å². The molecular formula is C14H30N2O3S. The van der Waals surface area contributed by atoms with Crippen LogP contribution in [0.1, 0.15) is 46.5 Å². The minimum absolute atomic E-state index is 0.257. The maximum absolute atomic E-state index is 11.6. The zero-order valence-corrected chi connectivity index (χ0v) is 14.0. The van der Waals surface area contributed by atoms with Crippen LogP contribution < -0.4 is 5.32 Å². The Labute approximate surface area is 123 Å². The molecule has 120 valence electrons. The summed E-state index contributed by atoms with van der Waals surface area (Å²) in [5.74, 6) is 0.257. The van der Waals surface area contributed by atoms with Gasteiger partial charge in [-0.15, -0.1) is 0 Å². The molecule has 0 aliphatic carbocycles. The van der Waals surface area contributed by atoms with Gasteiger partial charge in [-0.25, -0.2) is 12.7 Å². The summed E-state index contributed by atoms with van der Waals surface area (Å²) < 4.78 is 24.7. The van der Waals surface area contributed by atoms with Gasteiger partial charge in [0.1, 0.15) is 0 Å². The zero-order chi connectivity index (χ0) is 15.4. The van der Waals surface area contributed by atoms with Gasteiger partial charge in [0.05, 0.1) is 11.9 Å². The Bertz CT molecular complexity index is 393. The van der Waals surface area contributed by atoms with E-state index in [9.17, 15) is 13.5 Å². The molecule has 1 rings (SSSR count). The van der Waals surface area contributed by atoms with Gasteiger partial charge >= 0.3 is 0 Å². The van der Waals surface area contributed by atoms with Crippen LogP contribution in [-0.4, -0.2) is 55.4 Å². The Hall–Kier alpha value is -0.170. The minimum atomic E-state index is -3.10. The van der Waals surface area contributed by atoms with Crippen molar-refractivity contribution in [3.63, 3.8) is 0 Å². The molecule has 1 aliphatic heterocycles. The van der Waals surface area contributed by atoms with Gasteiger partial charge in [-0.1, -0.05) is 13.8 Å². The zero-order valence-electron chi connectivity index (χ0n) is 13.2. The largest absolute Gasteiger partial charge is 0.390 e. The van der Waals surface area contributed by atoms with Crippen LogP contribution in [0.25, 0.3) is 0 Å². The fourth-order valence-electron chi connectivity index (χ4n) is 2.85. The van der Waals surface area contributed by atoms with Crippen molar-refractivity contribution < 1.29 is 13.5 Å². The first-order chi connectivity index (χ1) is 9.10. The number of hydrogen-bond donors (Lipinski definition) is 2. The molecule has 0 aromatic carbocycles. The third-order valence-electron chi connectivity index (χ3n) is 3.90. The second kappa shape index (κ2) is 7.20. The summed E-state index contributed by atoms with van der Waals surface area (Å²) in [5, 5.41) is 13.8. The first kappa shape index (κ1) is 17.9. The van der Waals surface area contributed by atoms with E-state index >= 15 is 0 Å². The predicted octanol–water partition coefficient (Wildman–Crippen LogP) is 1.19. The van der Waals surface area contributed by atoms with Gasteiger partial charge in [0.15, 0.2) is 0 Å². The highest BCUT2D eigenvalue weighted by Gasteiger charge is 2.31. The van der Waals surface area contributed by atoms with E-state index in [0.29, 0.717) is 32.0 Å². The fraction of sp³-hybridized carbons (Fsp3) is 1.00. The van der Waals surface area contributed by atoms with Crippen LogP contribution in [-0.2, 0) is 10.0 Å². The number of nitrogens with zero attached hydrogens (tertiary/aromatic N) is 1. The highest BCUT2D eigenvalue weighted by atomic mass is 32.2. The third kappa shape index (κ3) is 6.52. The SMILES string of the molecule is CC(C)NCCC(C)(O)CC1CCCN(S(C)(=O)=O)C1. The van der Waals surface area contributed by atoms with Gasteiger partial charge < -0.3 is 10.4 Å². The Balaban J connectivity index is 2.46. The molecule has 0 saturated carbocycles. The third-order valence-corrected chi connectivity index (χ3v) is 5.17. The molecule has 0 aromatic heterocycles. The van der Waals surface area contributed by atoms with Crippen LogP contribution in [0.15, 0.2) is 0 Å². The Morgan fingerprint density at radius 2 is 2.10 bits per heavy atom. The lowest BCUT2D eigenvalue weighted by atomic mass is 9.85. The molecule has 2 atom stereocenters. The van der Waals surface area contributed by atoms with E-state index in [4.69, 9.17) is 0 Å². The summed E-state index contributed by atoms with van der Waals surface area (Å²) in [6, 6.07) is 0.418. The highest BCUT2D eigenvalue weighted by Crippen LogP contribution is 2.28. The molecule has 1 heterocycles. The lowest BCUT2D eigenvalue weighted by molar-refractivity contribution is 0.0172. The van der Waals surface area contributed by atoms with Crippen molar-refractivity contribution in [3.8, 4) is 0 Å². The molecule has 20 heavy (non-hydrogen) atoms. The molecule has 1 fully saturated rings. The normalized spacial score (nSPS) is 24.8. The molecule has 0 bridgehead atoms. The molecule has 1 saturated heterocycles. The van der Waals surface area contributed by atoms with Gasteiger partial charge in [-0.05, 0) is 45.1 Å². The van der Waals surface area contributed by atoms with Gasteiger partial charge in [0.2, 0.25) is 10.0 Å². The number of hydrogen-bond acceptors (Lipinski definition) is 4. The fourth-order valence-corrected chi connectivity index (χ4v) is 3.79. The minimum Gasteiger partial charge on any atom is -0.390 e. The van der Waals surface area contributed by atoms with Crippen LogP contribution in [0.4, 0.5) is 0 Å². The van der Waals surface area contributed by atoms with Crippen LogP contribution >= 0.6 is 0 Å². The number of rotatable bonds is 7.